The van der Waals surface area contributed by atoms with E-state index in [0.717, 1.165) is 37.1 Å². The van der Waals surface area contributed by atoms with E-state index in [9.17, 15) is 10.1 Å². The van der Waals surface area contributed by atoms with Crippen molar-refractivity contribution in [3.63, 3.8) is 0 Å². The van der Waals surface area contributed by atoms with Gasteiger partial charge in [0.15, 0.2) is 5.79 Å². The molecule has 0 bridgehead atoms. The molecule has 0 atom stereocenters. The van der Waals surface area contributed by atoms with Gasteiger partial charge in [0.05, 0.1) is 18.1 Å². The van der Waals surface area contributed by atoms with Crippen molar-refractivity contribution in [1.29, 1.82) is 0 Å². The molecule has 120 valence electrons. The van der Waals surface area contributed by atoms with Gasteiger partial charge in [0, 0.05) is 38.5 Å². The first-order chi connectivity index (χ1) is 10.5. The van der Waals surface area contributed by atoms with Crippen LogP contribution in [0.2, 0.25) is 0 Å². The Balaban J connectivity index is 1.71. The second-order valence-electron chi connectivity index (χ2n) is 5.93. The molecule has 0 unspecified atom stereocenters. The van der Waals surface area contributed by atoms with Gasteiger partial charge in [-0.2, -0.15) is 0 Å². The standard InChI is InChI=1S/C15H21N3O4/c1-11-2-3-13(18(19)20)14(16)12(11)10-17-6-4-15(5-7-17)21-8-9-22-15/h2-3H,4-10,16H2,1H3. The van der Waals surface area contributed by atoms with Crippen molar-refractivity contribution < 1.29 is 14.4 Å². The smallest absolute Gasteiger partial charge is 0.292 e. The molecule has 2 N–H and O–H groups in total. The van der Waals surface area contributed by atoms with E-state index in [-0.39, 0.29) is 11.4 Å². The lowest BCUT2D eigenvalue weighted by molar-refractivity contribution is -0.384. The predicted molar refractivity (Wildman–Crippen MR) is 81.4 cm³/mol. The molecule has 2 aliphatic rings. The number of ether oxygens (including phenoxy) is 2. The van der Waals surface area contributed by atoms with E-state index in [2.05, 4.69) is 4.90 Å². The van der Waals surface area contributed by atoms with Crippen LogP contribution in [0.3, 0.4) is 0 Å². The maximum absolute atomic E-state index is 11.0. The van der Waals surface area contributed by atoms with Gasteiger partial charge < -0.3 is 15.2 Å². The zero-order valence-electron chi connectivity index (χ0n) is 12.7. The summed E-state index contributed by atoms with van der Waals surface area (Å²) in [6.07, 6.45) is 1.64. The summed E-state index contributed by atoms with van der Waals surface area (Å²) >= 11 is 0. The number of likely N-dealkylation sites (tertiary alicyclic amines) is 1. The van der Waals surface area contributed by atoms with Crippen molar-refractivity contribution >= 4 is 11.4 Å². The Morgan fingerprint density at radius 1 is 1.32 bits per heavy atom. The number of nitrogens with zero attached hydrogens (tertiary/aromatic N) is 2. The van der Waals surface area contributed by atoms with Gasteiger partial charge in [-0.3, -0.25) is 15.0 Å². The molecule has 0 amide bonds. The minimum atomic E-state index is -0.427. The number of anilines is 1. The van der Waals surface area contributed by atoms with Gasteiger partial charge in [-0.15, -0.1) is 0 Å². The van der Waals surface area contributed by atoms with Crippen LogP contribution < -0.4 is 5.73 Å². The van der Waals surface area contributed by atoms with Crippen LogP contribution in [-0.2, 0) is 16.0 Å². The van der Waals surface area contributed by atoms with Gasteiger partial charge in [-0.1, -0.05) is 6.07 Å². The average Bonchev–Trinajstić information content (AvgIpc) is 2.93. The number of nitrogens with two attached hydrogens (primary N) is 1. The second kappa shape index (κ2) is 5.83. The molecule has 2 fully saturated rings. The molecule has 0 aliphatic carbocycles. The topological polar surface area (TPSA) is 90.9 Å². The molecule has 3 rings (SSSR count). The number of aryl methyl sites for hydroxylation is 1. The summed E-state index contributed by atoms with van der Waals surface area (Å²) in [5.41, 5.74) is 8.09. The van der Waals surface area contributed by atoms with Crippen LogP contribution in [0.5, 0.6) is 0 Å². The maximum atomic E-state index is 11.0. The normalized spacial score (nSPS) is 21.3. The molecule has 7 nitrogen and oxygen atoms in total. The van der Waals surface area contributed by atoms with E-state index in [1.165, 1.54) is 6.07 Å². The zero-order valence-corrected chi connectivity index (χ0v) is 12.7. The Labute approximate surface area is 129 Å². The van der Waals surface area contributed by atoms with E-state index in [0.29, 0.717) is 19.8 Å². The molecule has 1 aromatic carbocycles. The number of hydrogen-bond donors (Lipinski definition) is 1. The molecule has 2 heterocycles. The number of nitro groups is 1. The monoisotopic (exact) mass is 307 g/mol. The van der Waals surface area contributed by atoms with Crippen LogP contribution >= 0.6 is 0 Å². The summed E-state index contributed by atoms with van der Waals surface area (Å²) in [6.45, 7) is 5.55. The molecule has 2 aliphatic heterocycles. The number of piperidine rings is 1. The van der Waals surface area contributed by atoms with Crippen molar-refractivity contribution in [1.82, 2.24) is 4.90 Å². The summed E-state index contributed by atoms with van der Waals surface area (Å²) in [5.74, 6) is -0.403. The van der Waals surface area contributed by atoms with E-state index in [4.69, 9.17) is 15.2 Å². The highest BCUT2D eigenvalue weighted by atomic mass is 16.7. The van der Waals surface area contributed by atoms with E-state index in [1.54, 1.807) is 6.07 Å². The van der Waals surface area contributed by atoms with Crippen LogP contribution in [0.25, 0.3) is 0 Å². The van der Waals surface area contributed by atoms with E-state index in [1.807, 2.05) is 6.92 Å². The zero-order chi connectivity index (χ0) is 15.7. The molecule has 1 spiro atoms. The highest BCUT2D eigenvalue weighted by Gasteiger charge is 2.39. The first-order valence-electron chi connectivity index (χ1n) is 7.53. The summed E-state index contributed by atoms with van der Waals surface area (Å²) < 4.78 is 11.4. The maximum Gasteiger partial charge on any atom is 0.292 e. The molecule has 0 radical (unpaired) electrons. The molecule has 0 aromatic heterocycles. The summed E-state index contributed by atoms with van der Waals surface area (Å²) in [4.78, 5) is 12.8. The van der Waals surface area contributed by atoms with Crippen molar-refractivity contribution in [3.8, 4) is 0 Å². The van der Waals surface area contributed by atoms with E-state index < -0.39 is 10.7 Å². The summed E-state index contributed by atoms with van der Waals surface area (Å²) in [7, 11) is 0. The van der Waals surface area contributed by atoms with Gasteiger partial charge in [0.25, 0.3) is 5.69 Å². The highest BCUT2D eigenvalue weighted by molar-refractivity contribution is 5.65. The fourth-order valence-electron chi connectivity index (χ4n) is 3.19. The van der Waals surface area contributed by atoms with E-state index >= 15 is 0 Å². The van der Waals surface area contributed by atoms with Gasteiger partial charge >= 0.3 is 0 Å². The molecule has 22 heavy (non-hydrogen) atoms. The Kier molecular flexibility index (Phi) is 4.03. The molecular weight excluding hydrogens is 286 g/mol. The third kappa shape index (κ3) is 2.79. The second-order valence-corrected chi connectivity index (χ2v) is 5.93. The molecule has 2 saturated heterocycles. The van der Waals surface area contributed by atoms with Crippen LogP contribution in [0.1, 0.15) is 24.0 Å². The van der Waals surface area contributed by atoms with Gasteiger partial charge in [0.1, 0.15) is 5.69 Å². The lowest BCUT2D eigenvalue weighted by Gasteiger charge is -2.37. The fraction of sp³-hybridized carbons (Fsp3) is 0.600. The van der Waals surface area contributed by atoms with Crippen LogP contribution in [0, 0.1) is 17.0 Å². The number of nitro benzene ring substituents is 1. The predicted octanol–water partition coefficient (Wildman–Crippen LogP) is 1.82. The third-order valence-electron chi connectivity index (χ3n) is 4.58. The Hall–Kier alpha value is -1.70. The van der Waals surface area contributed by atoms with Crippen LogP contribution in [0.4, 0.5) is 11.4 Å². The highest BCUT2D eigenvalue weighted by Crippen LogP contribution is 2.34. The largest absolute Gasteiger partial charge is 0.393 e. The Bertz CT molecular complexity index is 574. The number of rotatable bonds is 3. The Morgan fingerprint density at radius 2 is 1.95 bits per heavy atom. The summed E-state index contributed by atoms with van der Waals surface area (Å²) in [6, 6.07) is 3.23. The van der Waals surface area contributed by atoms with Crippen molar-refractivity contribution in [2.24, 2.45) is 0 Å². The Morgan fingerprint density at radius 3 is 2.55 bits per heavy atom. The third-order valence-corrected chi connectivity index (χ3v) is 4.58. The molecule has 0 saturated carbocycles. The first-order valence-corrected chi connectivity index (χ1v) is 7.53. The lowest BCUT2D eigenvalue weighted by Crippen LogP contribution is -2.44. The van der Waals surface area contributed by atoms with Crippen molar-refractivity contribution in [3.05, 3.63) is 33.4 Å². The molecule has 1 aromatic rings. The van der Waals surface area contributed by atoms with Crippen LogP contribution in [-0.4, -0.2) is 41.9 Å². The van der Waals surface area contributed by atoms with Crippen molar-refractivity contribution in [2.45, 2.75) is 32.1 Å². The number of hydrogen-bond acceptors (Lipinski definition) is 6. The van der Waals surface area contributed by atoms with Gasteiger partial charge in [-0.25, -0.2) is 0 Å². The van der Waals surface area contributed by atoms with Crippen molar-refractivity contribution in [2.75, 3.05) is 32.0 Å². The SMILES string of the molecule is Cc1ccc([N+](=O)[O-])c(N)c1CN1CCC2(CC1)OCCO2. The summed E-state index contributed by atoms with van der Waals surface area (Å²) in [5, 5.41) is 11.0. The quantitative estimate of drug-likeness (QED) is 0.520. The lowest BCUT2D eigenvalue weighted by atomic mass is 10.0. The average molecular weight is 307 g/mol. The molecular formula is C15H21N3O4. The fourth-order valence-corrected chi connectivity index (χ4v) is 3.19. The van der Waals surface area contributed by atoms with Gasteiger partial charge in [0.2, 0.25) is 0 Å². The first kappa shape index (κ1) is 15.2. The van der Waals surface area contributed by atoms with Crippen LogP contribution in [0.15, 0.2) is 12.1 Å². The molecule has 7 heteroatoms. The minimum Gasteiger partial charge on any atom is -0.393 e. The number of nitrogen functional groups attached to an aromatic ring is 1. The number of benzene rings is 1. The minimum absolute atomic E-state index is 0.0171. The van der Waals surface area contributed by atoms with Gasteiger partial charge in [-0.05, 0) is 18.1 Å².